The maximum atomic E-state index is 9.66. The average molecular weight is 247 g/mol. The fourth-order valence-corrected chi connectivity index (χ4v) is 1.92. The molecule has 2 unspecified atom stereocenters. The second-order valence-corrected chi connectivity index (χ2v) is 4.40. The number of aliphatic hydroxyl groups excluding tert-OH is 1. The summed E-state index contributed by atoms with van der Waals surface area (Å²) in [6.45, 7) is 5.68. The first kappa shape index (κ1) is 12.7. The van der Waals surface area contributed by atoms with Crippen LogP contribution in [-0.2, 0) is 0 Å². The zero-order valence-corrected chi connectivity index (χ0v) is 10.8. The van der Waals surface area contributed by atoms with Crippen molar-refractivity contribution < 1.29 is 9.63 Å². The van der Waals surface area contributed by atoms with E-state index in [9.17, 15) is 5.11 Å². The maximum Gasteiger partial charge on any atom is 0.232 e. The fraction of sp³-hybridized carbons (Fsp3) is 0.462. The summed E-state index contributed by atoms with van der Waals surface area (Å²) in [6.07, 6.45) is 3.70. The molecule has 0 aliphatic rings. The maximum absolute atomic E-state index is 9.66. The standard InChI is InChI=1S/C13H17N3O2/c1-4-10(9(3)17)13-15-12(16-18-13)11-7-14-6-5-8(11)2/h5-7,9-10,17H,4H2,1-3H3. The summed E-state index contributed by atoms with van der Waals surface area (Å²) >= 11 is 0. The summed E-state index contributed by atoms with van der Waals surface area (Å²) in [7, 11) is 0. The van der Waals surface area contributed by atoms with Crippen molar-refractivity contribution in [2.45, 2.75) is 39.2 Å². The summed E-state index contributed by atoms with van der Waals surface area (Å²) < 4.78 is 5.24. The summed E-state index contributed by atoms with van der Waals surface area (Å²) in [5.41, 5.74) is 1.90. The van der Waals surface area contributed by atoms with Crippen molar-refractivity contribution in [1.82, 2.24) is 15.1 Å². The van der Waals surface area contributed by atoms with Gasteiger partial charge in [0.2, 0.25) is 11.7 Å². The molecular weight excluding hydrogens is 230 g/mol. The van der Waals surface area contributed by atoms with Gasteiger partial charge in [-0.25, -0.2) is 0 Å². The van der Waals surface area contributed by atoms with E-state index in [4.69, 9.17) is 4.52 Å². The van der Waals surface area contributed by atoms with Gasteiger partial charge in [0.25, 0.3) is 0 Å². The molecule has 0 saturated heterocycles. The minimum Gasteiger partial charge on any atom is -0.393 e. The van der Waals surface area contributed by atoms with Crippen LogP contribution in [0.25, 0.3) is 11.4 Å². The molecule has 0 spiro atoms. The topological polar surface area (TPSA) is 72.0 Å². The SMILES string of the molecule is CCC(c1nc(-c2cnccc2C)no1)C(C)O. The third-order valence-corrected chi connectivity index (χ3v) is 3.06. The van der Waals surface area contributed by atoms with Crippen LogP contribution < -0.4 is 0 Å². The minimum absolute atomic E-state index is 0.122. The lowest BCUT2D eigenvalue weighted by Gasteiger charge is -2.12. The zero-order chi connectivity index (χ0) is 13.1. The van der Waals surface area contributed by atoms with E-state index in [1.807, 2.05) is 19.9 Å². The molecule has 1 N–H and O–H groups in total. The Bertz CT molecular complexity index is 522. The van der Waals surface area contributed by atoms with Crippen molar-refractivity contribution in [2.75, 3.05) is 0 Å². The monoisotopic (exact) mass is 247 g/mol. The molecule has 96 valence electrons. The number of nitrogens with zero attached hydrogens (tertiary/aromatic N) is 3. The zero-order valence-electron chi connectivity index (χ0n) is 10.8. The van der Waals surface area contributed by atoms with Crippen molar-refractivity contribution in [2.24, 2.45) is 0 Å². The average Bonchev–Trinajstić information content (AvgIpc) is 2.79. The van der Waals surface area contributed by atoms with E-state index >= 15 is 0 Å². The second-order valence-electron chi connectivity index (χ2n) is 4.40. The van der Waals surface area contributed by atoms with Gasteiger partial charge in [-0.2, -0.15) is 4.98 Å². The van der Waals surface area contributed by atoms with Crippen molar-refractivity contribution >= 4 is 0 Å². The van der Waals surface area contributed by atoms with Gasteiger partial charge in [0, 0.05) is 18.0 Å². The molecule has 0 saturated carbocycles. The Hall–Kier alpha value is -1.75. The Morgan fingerprint density at radius 1 is 1.44 bits per heavy atom. The van der Waals surface area contributed by atoms with E-state index < -0.39 is 6.10 Å². The lowest BCUT2D eigenvalue weighted by atomic mass is 10.0. The van der Waals surface area contributed by atoms with Crippen molar-refractivity contribution in [1.29, 1.82) is 0 Å². The van der Waals surface area contributed by atoms with Crippen molar-refractivity contribution in [3.05, 3.63) is 29.9 Å². The molecule has 2 atom stereocenters. The number of aryl methyl sites for hydroxylation is 1. The largest absolute Gasteiger partial charge is 0.393 e. The summed E-state index contributed by atoms with van der Waals surface area (Å²) in [4.78, 5) is 8.42. The quantitative estimate of drug-likeness (QED) is 0.897. The molecule has 5 heteroatoms. The van der Waals surface area contributed by atoms with Crippen LogP contribution in [0.3, 0.4) is 0 Å². The van der Waals surface area contributed by atoms with Crippen LogP contribution in [0.4, 0.5) is 0 Å². The van der Waals surface area contributed by atoms with Crippen molar-refractivity contribution in [3.8, 4) is 11.4 Å². The first-order chi connectivity index (χ1) is 8.63. The second kappa shape index (κ2) is 5.27. The fourth-order valence-electron chi connectivity index (χ4n) is 1.92. The Kier molecular flexibility index (Phi) is 3.72. The normalized spacial score (nSPS) is 14.4. The number of aliphatic hydroxyl groups is 1. The van der Waals surface area contributed by atoms with Crippen LogP contribution in [0.1, 0.15) is 37.6 Å². The van der Waals surface area contributed by atoms with Gasteiger partial charge in [0.05, 0.1) is 12.0 Å². The number of hydrogen-bond acceptors (Lipinski definition) is 5. The summed E-state index contributed by atoms with van der Waals surface area (Å²) in [5.74, 6) is 0.878. The molecule has 2 heterocycles. The highest BCUT2D eigenvalue weighted by molar-refractivity contribution is 5.57. The lowest BCUT2D eigenvalue weighted by Crippen LogP contribution is -2.14. The Morgan fingerprint density at radius 3 is 2.83 bits per heavy atom. The first-order valence-corrected chi connectivity index (χ1v) is 6.06. The summed E-state index contributed by atoms with van der Waals surface area (Å²) in [6, 6.07) is 1.90. The Balaban J connectivity index is 2.34. The van der Waals surface area contributed by atoms with E-state index in [0.29, 0.717) is 11.7 Å². The molecule has 5 nitrogen and oxygen atoms in total. The van der Waals surface area contributed by atoms with Crippen LogP contribution in [0.2, 0.25) is 0 Å². The molecule has 0 aliphatic carbocycles. The lowest BCUT2D eigenvalue weighted by molar-refractivity contribution is 0.141. The molecular formula is C13H17N3O2. The van der Waals surface area contributed by atoms with Crippen LogP contribution in [-0.4, -0.2) is 26.3 Å². The molecule has 2 aromatic rings. The van der Waals surface area contributed by atoms with Gasteiger partial charge in [-0.3, -0.25) is 4.98 Å². The number of rotatable bonds is 4. The molecule has 18 heavy (non-hydrogen) atoms. The highest BCUT2D eigenvalue weighted by Gasteiger charge is 2.22. The highest BCUT2D eigenvalue weighted by atomic mass is 16.5. The molecule has 0 fully saturated rings. The molecule has 2 rings (SSSR count). The number of aromatic nitrogens is 3. The van der Waals surface area contributed by atoms with E-state index in [1.54, 1.807) is 19.3 Å². The third-order valence-electron chi connectivity index (χ3n) is 3.06. The van der Waals surface area contributed by atoms with Crippen LogP contribution in [0, 0.1) is 6.92 Å². The first-order valence-electron chi connectivity index (χ1n) is 6.06. The Labute approximate surface area is 106 Å². The van der Waals surface area contributed by atoms with Crippen LogP contribution in [0.15, 0.2) is 23.0 Å². The van der Waals surface area contributed by atoms with E-state index in [1.165, 1.54) is 0 Å². The highest BCUT2D eigenvalue weighted by Crippen LogP contribution is 2.25. The molecule has 0 aliphatic heterocycles. The summed E-state index contributed by atoms with van der Waals surface area (Å²) in [5, 5.41) is 13.6. The smallest absolute Gasteiger partial charge is 0.232 e. The predicted octanol–water partition coefficient (Wildman–Crippen LogP) is 2.31. The number of hydrogen-bond donors (Lipinski definition) is 1. The predicted molar refractivity (Wildman–Crippen MR) is 67.0 cm³/mol. The van der Waals surface area contributed by atoms with Gasteiger partial charge in [0.15, 0.2) is 0 Å². The molecule has 2 aromatic heterocycles. The van der Waals surface area contributed by atoms with Gasteiger partial charge >= 0.3 is 0 Å². The Morgan fingerprint density at radius 2 is 2.22 bits per heavy atom. The van der Waals surface area contributed by atoms with Gasteiger partial charge < -0.3 is 9.63 Å². The molecule has 0 aromatic carbocycles. The van der Waals surface area contributed by atoms with Gasteiger partial charge in [0.1, 0.15) is 0 Å². The van der Waals surface area contributed by atoms with Crippen molar-refractivity contribution in [3.63, 3.8) is 0 Å². The van der Waals surface area contributed by atoms with Gasteiger partial charge in [-0.05, 0) is 31.9 Å². The molecule has 0 radical (unpaired) electrons. The number of pyridine rings is 1. The minimum atomic E-state index is -0.502. The van der Waals surface area contributed by atoms with E-state index in [0.717, 1.165) is 17.5 Å². The molecule has 0 bridgehead atoms. The van der Waals surface area contributed by atoms with E-state index in [-0.39, 0.29) is 5.92 Å². The van der Waals surface area contributed by atoms with Crippen LogP contribution in [0.5, 0.6) is 0 Å². The van der Waals surface area contributed by atoms with E-state index in [2.05, 4.69) is 15.1 Å². The van der Waals surface area contributed by atoms with Crippen LogP contribution >= 0.6 is 0 Å². The molecule has 0 amide bonds. The van der Waals surface area contributed by atoms with Gasteiger partial charge in [-0.15, -0.1) is 0 Å². The third kappa shape index (κ3) is 2.41. The van der Waals surface area contributed by atoms with Gasteiger partial charge in [-0.1, -0.05) is 12.1 Å².